The molecule has 0 N–H and O–H groups in total. The van der Waals surface area contributed by atoms with Crippen molar-refractivity contribution in [2.45, 2.75) is 58.8 Å². The van der Waals surface area contributed by atoms with Crippen LogP contribution in [0.3, 0.4) is 0 Å². The lowest BCUT2D eigenvalue weighted by molar-refractivity contribution is 0.00578. The molecule has 2 heterocycles. The van der Waals surface area contributed by atoms with Crippen molar-refractivity contribution in [1.29, 1.82) is 0 Å². The SMILES string of the molecule is CC(C)n1c(B2OC(C)(C)C(C)(C)O2)c(-c2ccc(F)cc2)c2ccccc21. The molecule has 0 aliphatic carbocycles. The van der Waals surface area contributed by atoms with Crippen LogP contribution in [-0.2, 0) is 9.31 Å². The summed E-state index contributed by atoms with van der Waals surface area (Å²) in [5.41, 5.74) is 3.25. The lowest BCUT2D eigenvalue weighted by Crippen LogP contribution is -2.41. The summed E-state index contributed by atoms with van der Waals surface area (Å²) in [6.07, 6.45) is 0. The van der Waals surface area contributed by atoms with Crippen LogP contribution in [0, 0.1) is 5.82 Å². The molecule has 1 aromatic heterocycles. The summed E-state index contributed by atoms with van der Waals surface area (Å²) < 4.78 is 28.8. The number of fused-ring (bicyclic) bond motifs is 1. The second-order valence-electron chi connectivity index (χ2n) is 8.84. The third-order valence-electron chi connectivity index (χ3n) is 6.07. The zero-order valence-electron chi connectivity index (χ0n) is 17.4. The van der Waals surface area contributed by atoms with E-state index >= 15 is 0 Å². The van der Waals surface area contributed by atoms with Crippen LogP contribution < -0.4 is 5.59 Å². The number of benzene rings is 2. The van der Waals surface area contributed by atoms with Crippen LogP contribution in [-0.4, -0.2) is 22.9 Å². The topological polar surface area (TPSA) is 23.4 Å². The first-order valence-electron chi connectivity index (χ1n) is 9.87. The molecular weight excluding hydrogens is 352 g/mol. The van der Waals surface area contributed by atoms with E-state index in [1.807, 2.05) is 24.3 Å². The molecule has 28 heavy (non-hydrogen) atoms. The number of halogens is 1. The Balaban J connectivity index is 2.03. The van der Waals surface area contributed by atoms with Gasteiger partial charge in [-0.1, -0.05) is 30.3 Å². The molecule has 0 radical (unpaired) electrons. The Morgan fingerprint density at radius 2 is 1.46 bits per heavy atom. The molecular formula is C23H27BFNO2. The van der Waals surface area contributed by atoms with Crippen molar-refractivity contribution in [2.24, 2.45) is 0 Å². The van der Waals surface area contributed by atoms with Gasteiger partial charge in [0.2, 0.25) is 0 Å². The van der Waals surface area contributed by atoms with Crippen LogP contribution in [0.25, 0.3) is 22.0 Å². The van der Waals surface area contributed by atoms with Crippen molar-refractivity contribution in [3.8, 4) is 11.1 Å². The summed E-state index contributed by atoms with van der Waals surface area (Å²) in [6.45, 7) is 12.6. The maximum atomic E-state index is 13.6. The highest BCUT2D eigenvalue weighted by Crippen LogP contribution is 2.39. The van der Waals surface area contributed by atoms with E-state index in [1.54, 1.807) is 0 Å². The van der Waals surface area contributed by atoms with Gasteiger partial charge in [-0.05, 0) is 65.3 Å². The predicted molar refractivity (Wildman–Crippen MR) is 113 cm³/mol. The van der Waals surface area contributed by atoms with Gasteiger partial charge >= 0.3 is 7.12 Å². The Morgan fingerprint density at radius 3 is 2.04 bits per heavy atom. The average Bonchev–Trinajstić information content (AvgIpc) is 3.07. The van der Waals surface area contributed by atoms with Gasteiger partial charge in [-0.25, -0.2) is 4.39 Å². The van der Waals surface area contributed by atoms with Gasteiger partial charge in [-0.15, -0.1) is 0 Å². The Bertz CT molecular complexity index is 1010. The molecule has 0 amide bonds. The maximum Gasteiger partial charge on any atom is 0.513 e. The second-order valence-corrected chi connectivity index (χ2v) is 8.84. The monoisotopic (exact) mass is 379 g/mol. The van der Waals surface area contributed by atoms with Crippen LogP contribution in [0.2, 0.25) is 0 Å². The molecule has 0 unspecified atom stereocenters. The molecule has 3 nitrogen and oxygen atoms in total. The molecule has 1 saturated heterocycles. The number of hydrogen-bond acceptors (Lipinski definition) is 2. The summed E-state index contributed by atoms with van der Waals surface area (Å²) >= 11 is 0. The Morgan fingerprint density at radius 1 is 0.893 bits per heavy atom. The zero-order chi connectivity index (χ0) is 20.3. The van der Waals surface area contributed by atoms with Gasteiger partial charge in [0.1, 0.15) is 5.82 Å². The Labute approximate surface area is 166 Å². The van der Waals surface area contributed by atoms with E-state index in [1.165, 1.54) is 12.1 Å². The summed E-state index contributed by atoms with van der Waals surface area (Å²) in [5, 5.41) is 1.12. The van der Waals surface area contributed by atoms with Gasteiger partial charge in [0.25, 0.3) is 0 Å². The van der Waals surface area contributed by atoms with Gasteiger partial charge in [0.05, 0.1) is 16.8 Å². The highest BCUT2D eigenvalue weighted by molar-refractivity contribution is 6.64. The molecule has 0 atom stereocenters. The lowest BCUT2D eigenvalue weighted by Gasteiger charge is -2.32. The van der Waals surface area contributed by atoms with Crippen LogP contribution in [0.5, 0.6) is 0 Å². The van der Waals surface area contributed by atoms with E-state index < -0.39 is 18.3 Å². The van der Waals surface area contributed by atoms with Crippen molar-refractivity contribution in [3.63, 3.8) is 0 Å². The first kappa shape index (κ1) is 19.2. The standard InChI is InChI=1S/C23H27BFNO2/c1-15(2)26-19-10-8-7-9-18(19)20(16-11-13-17(25)14-12-16)21(26)24-27-22(3,4)23(5,6)28-24/h7-15H,1-6H3. The number of rotatable bonds is 3. The number of para-hydroxylation sites is 1. The average molecular weight is 379 g/mol. The predicted octanol–water partition coefficient (Wildman–Crippen LogP) is 5.33. The summed E-state index contributed by atoms with van der Waals surface area (Å²) in [7, 11) is -0.500. The van der Waals surface area contributed by atoms with E-state index in [0.29, 0.717) is 0 Å². The molecule has 146 valence electrons. The number of aromatic nitrogens is 1. The van der Waals surface area contributed by atoms with E-state index in [4.69, 9.17) is 9.31 Å². The highest BCUT2D eigenvalue weighted by Gasteiger charge is 2.53. The van der Waals surface area contributed by atoms with E-state index in [9.17, 15) is 4.39 Å². The minimum absolute atomic E-state index is 0.216. The summed E-state index contributed by atoms with van der Waals surface area (Å²) in [6, 6.07) is 15.2. The molecule has 0 bridgehead atoms. The molecule has 0 saturated carbocycles. The van der Waals surface area contributed by atoms with Gasteiger partial charge in [-0.3, -0.25) is 0 Å². The Hall–Kier alpha value is -2.11. The molecule has 5 heteroatoms. The van der Waals surface area contributed by atoms with E-state index in [-0.39, 0.29) is 11.9 Å². The van der Waals surface area contributed by atoms with Crippen molar-refractivity contribution in [3.05, 3.63) is 54.3 Å². The van der Waals surface area contributed by atoms with Crippen molar-refractivity contribution in [1.82, 2.24) is 4.57 Å². The minimum Gasteiger partial charge on any atom is -0.398 e. The lowest BCUT2D eigenvalue weighted by atomic mass is 9.79. The second kappa shape index (κ2) is 6.46. The van der Waals surface area contributed by atoms with Gasteiger partial charge < -0.3 is 13.9 Å². The summed E-state index contributed by atoms with van der Waals surface area (Å²) in [4.78, 5) is 0. The van der Waals surface area contributed by atoms with Gasteiger partial charge in [0, 0.05) is 22.5 Å². The smallest absolute Gasteiger partial charge is 0.398 e. The van der Waals surface area contributed by atoms with E-state index in [2.05, 4.69) is 58.2 Å². The highest BCUT2D eigenvalue weighted by atomic mass is 19.1. The fraction of sp³-hybridized carbons (Fsp3) is 0.391. The molecule has 0 spiro atoms. The molecule has 1 aliphatic rings. The van der Waals surface area contributed by atoms with Crippen molar-refractivity contribution < 1.29 is 13.7 Å². The van der Waals surface area contributed by atoms with Crippen LogP contribution in [0.1, 0.15) is 47.6 Å². The molecule has 1 aliphatic heterocycles. The molecule has 3 aromatic rings. The normalized spacial score (nSPS) is 18.4. The Kier molecular flexibility index (Phi) is 4.44. The summed E-state index contributed by atoms with van der Waals surface area (Å²) in [5.74, 6) is -0.242. The third-order valence-corrected chi connectivity index (χ3v) is 6.07. The van der Waals surface area contributed by atoms with Crippen molar-refractivity contribution >= 4 is 23.6 Å². The van der Waals surface area contributed by atoms with Crippen LogP contribution >= 0.6 is 0 Å². The van der Waals surface area contributed by atoms with Crippen LogP contribution in [0.15, 0.2) is 48.5 Å². The molecule has 2 aromatic carbocycles. The quantitative estimate of drug-likeness (QED) is 0.575. The number of nitrogens with zero attached hydrogens (tertiary/aromatic N) is 1. The third kappa shape index (κ3) is 2.88. The van der Waals surface area contributed by atoms with Gasteiger partial charge in [0.15, 0.2) is 0 Å². The fourth-order valence-corrected chi connectivity index (χ4v) is 3.95. The first-order chi connectivity index (χ1) is 13.1. The fourth-order valence-electron chi connectivity index (χ4n) is 3.95. The van der Waals surface area contributed by atoms with E-state index in [0.717, 1.165) is 27.6 Å². The van der Waals surface area contributed by atoms with Gasteiger partial charge in [-0.2, -0.15) is 0 Å². The van der Waals surface area contributed by atoms with Crippen LogP contribution in [0.4, 0.5) is 4.39 Å². The molecule has 4 rings (SSSR count). The zero-order valence-corrected chi connectivity index (χ0v) is 17.4. The largest absolute Gasteiger partial charge is 0.513 e. The van der Waals surface area contributed by atoms with Crippen molar-refractivity contribution in [2.75, 3.05) is 0 Å². The maximum absolute atomic E-state index is 13.6. The number of hydrogen-bond donors (Lipinski definition) is 0. The first-order valence-corrected chi connectivity index (χ1v) is 9.87. The molecule has 1 fully saturated rings. The minimum atomic E-state index is -0.500.